The minimum absolute atomic E-state index is 0.161. The SMILES string of the molecule is CCCCCNC(=O)c1ccnc(Nc2ccc(C)c(C)c2)n1. The van der Waals surface area contributed by atoms with Gasteiger partial charge in [-0.1, -0.05) is 25.8 Å². The van der Waals surface area contributed by atoms with Gasteiger partial charge in [0.2, 0.25) is 5.95 Å². The molecule has 0 radical (unpaired) electrons. The molecule has 0 spiro atoms. The summed E-state index contributed by atoms with van der Waals surface area (Å²) in [5, 5.41) is 6.03. The first-order valence-electron chi connectivity index (χ1n) is 8.05. The van der Waals surface area contributed by atoms with Crippen LogP contribution in [0.5, 0.6) is 0 Å². The average Bonchev–Trinajstić information content (AvgIpc) is 2.55. The standard InChI is InChI=1S/C18H24N4O/c1-4-5-6-10-19-17(23)16-9-11-20-18(22-16)21-15-8-7-13(2)14(3)12-15/h7-9,11-12H,4-6,10H2,1-3H3,(H,19,23)(H,20,21,22). The number of aromatic nitrogens is 2. The number of carbonyl (C=O) groups excluding carboxylic acids is 1. The maximum Gasteiger partial charge on any atom is 0.270 e. The molecule has 1 aromatic heterocycles. The maximum absolute atomic E-state index is 12.1. The Kier molecular flexibility index (Phi) is 6.09. The molecular weight excluding hydrogens is 288 g/mol. The summed E-state index contributed by atoms with van der Waals surface area (Å²) in [5.74, 6) is 0.265. The number of carbonyl (C=O) groups is 1. The van der Waals surface area contributed by atoms with Crippen LogP contribution in [0.2, 0.25) is 0 Å². The molecule has 0 saturated carbocycles. The Morgan fingerprint density at radius 1 is 1.13 bits per heavy atom. The predicted molar refractivity (Wildman–Crippen MR) is 93.1 cm³/mol. The van der Waals surface area contributed by atoms with Crippen LogP contribution in [0.25, 0.3) is 0 Å². The Morgan fingerprint density at radius 3 is 2.70 bits per heavy atom. The van der Waals surface area contributed by atoms with Crippen molar-refractivity contribution in [2.75, 3.05) is 11.9 Å². The number of nitrogens with zero attached hydrogens (tertiary/aromatic N) is 2. The third kappa shape index (κ3) is 5.06. The number of aryl methyl sites for hydroxylation is 2. The van der Waals surface area contributed by atoms with E-state index in [9.17, 15) is 4.79 Å². The van der Waals surface area contributed by atoms with E-state index in [2.05, 4.69) is 41.4 Å². The number of unbranched alkanes of at least 4 members (excludes halogenated alkanes) is 2. The van der Waals surface area contributed by atoms with E-state index in [0.717, 1.165) is 24.9 Å². The second kappa shape index (κ2) is 8.27. The van der Waals surface area contributed by atoms with Gasteiger partial charge < -0.3 is 10.6 Å². The molecule has 5 heteroatoms. The van der Waals surface area contributed by atoms with Crippen molar-refractivity contribution in [3.63, 3.8) is 0 Å². The predicted octanol–water partition coefficient (Wildman–Crippen LogP) is 3.76. The van der Waals surface area contributed by atoms with Gasteiger partial charge in [0.05, 0.1) is 0 Å². The molecule has 0 saturated heterocycles. The smallest absolute Gasteiger partial charge is 0.270 e. The van der Waals surface area contributed by atoms with E-state index >= 15 is 0 Å². The quantitative estimate of drug-likeness (QED) is 0.764. The third-order valence-corrected chi connectivity index (χ3v) is 3.72. The molecule has 1 amide bonds. The minimum Gasteiger partial charge on any atom is -0.351 e. The number of rotatable bonds is 7. The maximum atomic E-state index is 12.1. The zero-order chi connectivity index (χ0) is 16.7. The van der Waals surface area contributed by atoms with Crippen LogP contribution in [0, 0.1) is 13.8 Å². The first-order valence-corrected chi connectivity index (χ1v) is 8.05. The van der Waals surface area contributed by atoms with Crippen LogP contribution in [-0.2, 0) is 0 Å². The van der Waals surface area contributed by atoms with E-state index in [-0.39, 0.29) is 5.91 Å². The Hall–Kier alpha value is -2.43. The fourth-order valence-electron chi connectivity index (χ4n) is 2.16. The lowest BCUT2D eigenvalue weighted by Gasteiger charge is -2.09. The lowest BCUT2D eigenvalue weighted by atomic mass is 10.1. The molecule has 0 aliphatic carbocycles. The van der Waals surface area contributed by atoms with E-state index < -0.39 is 0 Å². The van der Waals surface area contributed by atoms with Crippen LogP contribution >= 0.6 is 0 Å². The zero-order valence-electron chi connectivity index (χ0n) is 14.0. The summed E-state index contributed by atoms with van der Waals surface area (Å²) in [6.45, 7) is 6.94. The molecule has 23 heavy (non-hydrogen) atoms. The molecule has 0 fully saturated rings. The normalized spacial score (nSPS) is 10.4. The molecule has 0 unspecified atom stereocenters. The summed E-state index contributed by atoms with van der Waals surface area (Å²) in [4.78, 5) is 20.5. The fourth-order valence-corrected chi connectivity index (χ4v) is 2.16. The topological polar surface area (TPSA) is 66.9 Å². The lowest BCUT2D eigenvalue weighted by molar-refractivity contribution is 0.0948. The van der Waals surface area contributed by atoms with Gasteiger partial charge >= 0.3 is 0 Å². The summed E-state index contributed by atoms with van der Waals surface area (Å²) < 4.78 is 0. The number of nitrogens with one attached hydrogen (secondary N) is 2. The average molecular weight is 312 g/mol. The number of amides is 1. The summed E-state index contributed by atoms with van der Waals surface area (Å²) >= 11 is 0. The van der Waals surface area contributed by atoms with Crippen molar-refractivity contribution in [1.29, 1.82) is 0 Å². The third-order valence-electron chi connectivity index (χ3n) is 3.72. The molecule has 2 aromatic rings. The highest BCUT2D eigenvalue weighted by Gasteiger charge is 2.08. The minimum atomic E-state index is -0.161. The lowest BCUT2D eigenvalue weighted by Crippen LogP contribution is -2.25. The van der Waals surface area contributed by atoms with Gasteiger partial charge in [0.25, 0.3) is 5.91 Å². The van der Waals surface area contributed by atoms with Gasteiger partial charge in [-0.3, -0.25) is 4.79 Å². The van der Waals surface area contributed by atoms with Crippen molar-refractivity contribution in [3.8, 4) is 0 Å². The van der Waals surface area contributed by atoms with Crippen molar-refractivity contribution in [3.05, 3.63) is 47.3 Å². The zero-order valence-corrected chi connectivity index (χ0v) is 14.0. The molecule has 0 atom stereocenters. The van der Waals surface area contributed by atoms with Crippen molar-refractivity contribution in [2.24, 2.45) is 0 Å². The monoisotopic (exact) mass is 312 g/mol. The van der Waals surface area contributed by atoms with Crippen LogP contribution in [0.3, 0.4) is 0 Å². The molecule has 1 heterocycles. The van der Waals surface area contributed by atoms with E-state index in [1.807, 2.05) is 18.2 Å². The van der Waals surface area contributed by atoms with Gasteiger partial charge in [-0.15, -0.1) is 0 Å². The fraction of sp³-hybridized carbons (Fsp3) is 0.389. The summed E-state index contributed by atoms with van der Waals surface area (Å²) in [7, 11) is 0. The molecule has 2 rings (SSSR count). The van der Waals surface area contributed by atoms with E-state index in [1.165, 1.54) is 11.1 Å². The highest BCUT2D eigenvalue weighted by molar-refractivity contribution is 5.92. The van der Waals surface area contributed by atoms with Crippen LogP contribution < -0.4 is 10.6 Å². The van der Waals surface area contributed by atoms with Crippen molar-refractivity contribution >= 4 is 17.5 Å². The van der Waals surface area contributed by atoms with Crippen LogP contribution in [-0.4, -0.2) is 22.4 Å². The van der Waals surface area contributed by atoms with Crippen LogP contribution in [0.4, 0.5) is 11.6 Å². The van der Waals surface area contributed by atoms with E-state index in [4.69, 9.17) is 0 Å². The van der Waals surface area contributed by atoms with Gasteiger partial charge in [0.1, 0.15) is 5.69 Å². The molecule has 1 aromatic carbocycles. The summed E-state index contributed by atoms with van der Waals surface area (Å²) in [6.07, 6.45) is 4.83. The molecular formula is C18H24N4O. The van der Waals surface area contributed by atoms with Crippen molar-refractivity contribution in [2.45, 2.75) is 40.0 Å². The van der Waals surface area contributed by atoms with E-state index in [1.54, 1.807) is 12.3 Å². The highest BCUT2D eigenvalue weighted by Crippen LogP contribution is 2.17. The number of benzene rings is 1. The molecule has 5 nitrogen and oxygen atoms in total. The highest BCUT2D eigenvalue weighted by atomic mass is 16.1. The molecule has 0 aliphatic rings. The van der Waals surface area contributed by atoms with Crippen LogP contribution in [0.15, 0.2) is 30.5 Å². The second-order valence-corrected chi connectivity index (χ2v) is 5.65. The van der Waals surface area contributed by atoms with Gasteiger partial charge in [0.15, 0.2) is 0 Å². The van der Waals surface area contributed by atoms with E-state index in [0.29, 0.717) is 18.2 Å². The first kappa shape index (κ1) is 16.9. The van der Waals surface area contributed by atoms with Crippen molar-refractivity contribution < 1.29 is 4.79 Å². The largest absolute Gasteiger partial charge is 0.351 e. The summed E-state index contributed by atoms with van der Waals surface area (Å²) in [6, 6.07) is 7.68. The van der Waals surface area contributed by atoms with Gasteiger partial charge in [-0.05, 0) is 49.6 Å². The molecule has 2 N–H and O–H groups in total. The summed E-state index contributed by atoms with van der Waals surface area (Å²) in [5.41, 5.74) is 3.72. The first-order chi connectivity index (χ1) is 11.1. The Bertz CT molecular complexity index is 670. The Morgan fingerprint density at radius 2 is 1.96 bits per heavy atom. The number of anilines is 2. The second-order valence-electron chi connectivity index (χ2n) is 5.65. The van der Waals surface area contributed by atoms with Crippen LogP contribution in [0.1, 0.15) is 47.8 Å². The molecule has 0 aliphatic heterocycles. The Labute approximate surface area is 137 Å². The Balaban J connectivity index is 2.01. The van der Waals surface area contributed by atoms with Gasteiger partial charge in [-0.2, -0.15) is 0 Å². The van der Waals surface area contributed by atoms with Gasteiger partial charge in [-0.25, -0.2) is 9.97 Å². The molecule has 0 bridgehead atoms. The van der Waals surface area contributed by atoms with Crippen molar-refractivity contribution in [1.82, 2.24) is 15.3 Å². The number of hydrogen-bond donors (Lipinski definition) is 2. The van der Waals surface area contributed by atoms with Gasteiger partial charge in [0, 0.05) is 18.4 Å². The number of hydrogen-bond acceptors (Lipinski definition) is 4. The molecule has 122 valence electrons.